The second-order valence-electron chi connectivity index (χ2n) is 7.47. The quantitative estimate of drug-likeness (QED) is 0.358. The number of esters is 1. The van der Waals surface area contributed by atoms with Crippen LogP contribution in [0.5, 0.6) is 0 Å². The Hall–Kier alpha value is -3.95. The van der Waals surface area contributed by atoms with Gasteiger partial charge in [-0.2, -0.15) is 0 Å². The van der Waals surface area contributed by atoms with E-state index in [1.54, 1.807) is 43.3 Å². The Bertz CT molecular complexity index is 1470. The summed E-state index contributed by atoms with van der Waals surface area (Å²) >= 11 is 2.72. The molecule has 1 N–H and O–H groups in total. The number of thiophene rings is 1. The third-order valence-corrected chi connectivity index (χ3v) is 7.45. The van der Waals surface area contributed by atoms with Gasteiger partial charge in [-0.05, 0) is 24.4 Å². The molecule has 2 aromatic carbocycles. The van der Waals surface area contributed by atoms with E-state index >= 15 is 0 Å². The third-order valence-electron chi connectivity index (χ3n) is 5.27. The van der Waals surface area contributed by atoms with Crippen molar-refractivity contribution in [1.29, 1.82) is 0 Å². The summed E-state index contributed by atoms with van der Waals surface area (Å²) in [6.45, 7) is 1.16. The lowest BCUT2D eigenvalue weighted by Crippen LogP contribution is -2.26. The molecule has 2 aromatic heterocycles. The summed E-state index contributed by atoms with van der Waals surface area (Å²) < 4.78 is 5.19. The maximum Gasteiger partial charge on any atom is 0.350 e. The van der Waals surface area contributed by atoms with Crippen LogP contribution >= 0.6 is 22.7 Å². The van der Waals surface area contributed by atoms with E-state index in [4.69, 9.17) is 4.74 Å². The number of nitrogens with zero attached hydrogens (tertiary/aromatic N) is 1. The van der Waals surface area contributed by atoms with E-state index in [2.05, 4.69) is 10.3 Å². The van der Waals surface area contributed by atoms with Crippen LogP contribution in [-0.4, -0.2) is 35.0 Å². The van der Waals surface area contributed by atoms with Crippen molar-refractivity contribution in [3.05, 3.63) is 92.8 Å². The number of hydrogen-bond donors (Lipinski definition) is 1. The number of carbonyl (C=O) groups excluding carboxylic acids is 4. The number of ketones is 2. The van der Waals surface area contributed by atoms with E-state index in [0.29, 0.717) is 21.1 Å². The zero-order chi connectivity index (χ0) is 23.8. The molecular weight excluding hydrogens is 472 g/mol. The zero-order valence-electron chi connectivity index (χ0n) is 17.8. The largest absolute Gasteiger partial charge is 0.451 e. The van der Waals surface area contributed by atoms with Gasteiger partial charge >= 0.3 is 5.97 Å². The lowest BCUT2D eigenvalue weighted by atomic mass is 9.83. The molecule has 9 heteroatoms. The molecule has 0 aliphatic heterocycles. The van der Waals surface area contributed by atoms with Gasteiger partial charge in [0.2, 0.25) is 0 Å². The Labute approximate surface area is 202 Å². The van der Waals surface area contributed by atoms with Crippen molar-refractivity contribution in [3.8, 4) is 9.88 Å². The molecule has 2 heterocycles. The fourth-order valence-corrected chi connectivity index (χ4v) is 5.48. The maximum atomic E-state index is 13.1. The van der Waals surface area contributed by atoms with Crippen molar-refractivity contribution in [2.75, 3.05) is 11.9 Å². The monoisotopic (exact) mass is 488 g/mol. The fourth-order valence-electron chi connectivity index (χ4n) is 3.72. The first-order valence-corrected chi connectivity index (χ1v) is 11.9. The Morgan fingerprint density at radius 3 is 2.41 bits per heavy atom. The van der Waals surface area contributed by atoms with Gasteiger partial charge in [-0.3, -0.25) is 14.4 Å². The first-order valence-electron chi connectivity index (χ1n) is 10.2. The molecule has 0 radical (unpaired) electrons. The summed E-state index contributed by atoms with van der Waals surface area (Å²) in [6.07, 6.45) is 0. The summed E-state index contributed by atoms with van der Waals surface area (Å²) in [5, 5.41) is 5.24. The second-order valence-corrected chi connectivity index (χ2v) is 9.41. The standard InChI is InChI=1S/C25H16N2O5S2/c1-13-23(34-24(26-13)18-10-5-11-33-18)25(31)32-12-19(28)27-17-9-4-8-16-20(17)22(30)15-7-3-2-6-14(15)21(16)29/h2-11H,12H2,1H3,(H,27,28). The molecule has 1 aliphatic rings. The summed E-state index contributed by atoms with van der Waals surface area (Å²) in [7, 11) is 0. The fraction of sp³-hybridized carbons (Fsp3) is 0.0800. The molecule has 1 aliphatic carbocycles. The van der Waals surface area contributed by atoms with Crippen molar-refractivity contribution < 1.29 is 23.9 Å². The average molecular weight is 489 g/mol. The van der Waals surface area contributed by atoms with Crippen LogP contribution in [0.25, 0.3) is 9.88 Å². The van der Waals surface area contributed by atoms with Crippen LogP contribution in [0.4, 0.5) is 5.69 Å². The van der Waals surface area contributed by atoms with E-state index in [9.17, 15) is 19.2 Å². The van der Waals surface area contributed by atoms with Crippen molar-refractivity contribution in [2.24, 2.45) is 0 Å². The number of aryl methyl sites for hydroxylation is 1. The molecule has 0 bridgehead atoms. The minimum absolute atomic E-state index is 0.129. The topological polar surface area (TPSA) is 102 Å². The van der Waals surface area contributed by atoms with E-state index in [1.807, 2.05) is 17.5 Å². The second kappa shape index (κ2) is 8.77. The van der Waals surface area contributed by atoms with Crippen LogP contribution in [0, 0.1) is 6.92 Å². The summed E-state index contributed by atoms with van der Waals surface area (Å²) in [5.41, 5.74) is 1.69. The molecule has 5 rings (SSSR count). The van der Waals surface area contributed by atoms with Crippen LogP contribution < -0.4 is 5.32 Å². The number of anilines is 1. The SMILES string of the molecule is Cc1nc(-c2cccs2)sc1C(=O)OCC(=O)Nc1cccc2c1C(=O)c1ccccc1C2=O. The lowest BCUT2D eigenvalue weighted by molar-refractivity contribution is -0.119. The molecule has 0 unspecified atom stereocenters. The first-order chi connectivity index (χ1) is 16.4. The normalized spacial score (nSPS) is 12.1. The highest BCUT2D eigenvalue weighted by Crippen LogP contribution is 2.33. The molecule has 0 saturated heterocycles. The number of ether oxygens (including phenoxy) is 1. The minimum atomic E-state index is -0.650. The van der Waals surface area contributed by atoms with Gasteiger partial charge in [0.05, 0.1) is 21.8 Å². The molecule has 0 spiro atoms. The summed E-state index contributed by atoms with van der Waals surface area (Å²) in [5.74, 6) is -1.90. The zero-order valence-corrected chi connectivity index (χ0v) is 19.4. The van der Waals surface area contributed by atoms with Gasteiger partial charge in [-0.25, -0.2) is 9.78 Å². The highest BCUT2D eigenvalue weighted by molar-refractivity contribution is 7.22. The first kappa shape index (κ1) is 21.9. The van der Waals surface area contributed by atoms with Crippen molar-refractivity contribution in [1.82, 2.24) is 4.98 Å². The van der Waals surface area contributed by atoms with Crippen LogP contribution in [-0.2, 0) is 9.53 Å². The molecule has 4 aromatic rings. The predicted molar refractivity (Wildman–Crippen MR) is 129 cm³/mol. The molecular formula is C25H16N2O5S2. The van der Waals surface area contributed by atoms with Gasteiger partial charge in [0.25, 0.3) is 5.91 Å². The predicted octanol–water partition coefficient (Wildman–Crippen LogP) is 4.75. The number of thiazole rings is 1. The van der Waals surface area contributed by atoms with Crippen LogP contribution in [0.1, 0.15) is 47.2 Å². The van der Waals surface area contributed by atoms with Crippen LogP contribution in [0.3, 0.4) is 0 Å². The number of hydrogen-bond acceptors (Lipinski definition) is 8. The summed E-state index contributed by atoms with van der Waals surface area (Å²) in [6, 6.07) is 15.1. The van der Waals surface area contributed by atoms with Crippen LogP contribution in [0.15, 0.2) is 60.0 Å². The smallest absolute Gasteiger partial charge is 0.350 e. The number of fused-ring (bicyclic) bond motifs is 2. The molecule has 168 valence electrons. The molecule has 1 amide bonds. The van der Waals surface area contributed by atoms with Gasteiger partial charge < -0.3 is 10.1 Å². The minimum Gasteiger partial charge on any atom is -0.451 e. The van der Waals surface area contributed by atoms with Crippen molar-refractivity contribution >= 4 is 51.8 Å². The van der Waals surface area contributed by atoms with E-state index in [-0.39, 0.29) is 33.9 Å². The van der Waals surface area contributed by atoms with E-state index in [1.165, 1.54) is 28.7 Å². The average Bonchev–Trinajstić information content (AvgIpc) is 3.51. The third kappa shape index (κ3) is 3.85. The number of rotatable bonds is 5. The Morgan fingerprint density at radius 2 is 1.68 bits per heavy atom. The highest BCUT2D eigenvalue weighted by Gasteiger charge is 2.31. The van der Waals surface area contributed by atoms with Gasteiger partial charge in [-0.15, -0.1) is 22.7 Å². The number of amides is 1. The molecule has 0 saturated carbocycles. The highest BCUT2D eigenvalue weighted by atomic mass is 32.1. The molecule has 0 atom stereocenters. The number of aromatic nitrogens is 1. The van der Waals surface area contributed by atoms with Gasteiger partial charge in [-0.1, -0.05) is 42.5 Å². The summed E-state index contributed by atoms with van der Waals surface area (Å²) in [4.78, 5) is 56.7. The van der Waals surface area contributed by atoms with E-state index in [0.717, 1.165) is 4.88 Å². The Kier molecular flexibility index (Phi) is 5.64. The molecule has 34 heavy (non-hydrogen) atoms. The molecule has 0 fully saturated rings. The number of carbonyl (C=O) groups is 4. The number of benzene rings is 2. The molecule has 7 nitrogen and oxygen atoms in total. The van der Waals surface area contributed by atoms with Gasteiger partial charge in [0.15, 0.2) is 18.2 Å². The number of nitrogens with one attached hydrogen (secondary N) is 1. The van der Waals surface area contributed by atoms with Crippen molar-refractivity contribution in [3.63, 3.8) is 0 Å². The van der Waals surface area contributed by atoms with E-state index < -0.39 is 18.5 Å². The van der Waals surface area contributed by atoms with Crippen molar-refractivity contribution in [2.45, 2.75) is 6.92 Å². The maximum absolute atomic E-state index is 13.1. The van der Waals surface area contributed by atoms with Crippen LogP contribution in [0.2, 0.25) is 0 Å². The Balaban J connectivity index is 1.31. The Morgan fingerprint density at radius 1 is 0.941 bits per heavy atom. The van der Waals surface area contributed by atoms with Gasteiger partial charge in [0, 0.05) is 16.7 Å². The van der Waals surface area contributed by atoms with Gasteiger partial charge in [0.1, 0.15) is 9.88 Å². The lowest BCUT2D eigenvalue weighted by Gasteiger charge is -2.20.